The molecule has 0 aliphatic carbocycles. The highest BCUT2D eigenvalue weighted by molar-refractivity contribution is 6.08. The van der Waals surface area contributed by atoms with Crippen LogP contribution in [0.25, 0.3) is 5.69 Å². The van der Waals surface area contributed by atoms with E-state index < -0.39 is 22.5 Å². The number of carbonyl (C=O) groups is 2. The molecule has 1 amide bonds. The lowest BCUT2D eigenvalue weighted by molar-refractivity contribution is -0.385. The molecule has 28 heavy (non-hydrogen) atoms. The second-order valence-corrected chi connectivity index (χ2v) is 5.59. The number of rotatable bonds is 6. The third-order valence-corrected chi connectivity index (χ3v) is 3.83. The molecule has 2 aromatic heterocycles. The first-order valence-electron chi connectivity index (χ1n) is 8.22. The Kier molecular flexibility index (Phi) is 5.16. The SMILES string of the molecule is CCOC(=O)c1cnn(-c2ccccc2)c1NC(=O)c1c([N+](=O)[O-])cnn1C. The largest absolute Gasteiger partial charge is 0.462 e. The molecule has 2 heterocycles. The quantitative estimate of drug-likeness (QED) is 0.390. The van der Waals surface area contributed by atoms with Gasteiger partial charge in [0.1, 0.15) is 11.8 Å². The molecule has 0 unspecified atom stereocenters. The lowest BCUT2D eigenvalue weighted by Crippen LogP contribution is -2.21. The molecule has 0 aliphatic heterocycles. The molecule has 1 N–H and O–H groups in total. The number of para-hydroxylation sites is 1. The molecule has 0 spiro atoms. The summed E-state index contributed by atoms with van der Waals surface area (Å²) in [6.45, 7) is 1.78. The molecule has 0 radical (unpaired) electrons. The fraction of sp³-hybridized carbons (Fsp3) is 0.176. The van der Waals surface area contributed by atoms with Gasteiger partial charge in [-0.2, -0.15) is 10.2 Å². The normalized spacial score (nSPS) is 10.5. The average molecular weight is 384 g/mol. The molecule has 0 aliphatic rings. The van der Waals surface area contributed by atoms with Crippen molar-refractivity contribution in [2.45, 2.75) is 6.92 Å². The highest BCUT2D eigenvalue weighted by Crippen LogP contribution is 2.24. The molecule has 1 aromatic carbocycles. The van der Waals surface area contributed by atoms with Crippen LogP contribution >= 0.6 is 0 Å². The Labute approximate surface area is 158 Å². The van der Waals surface area contributed by atoms with Crippen molar-refractivity contribution in [3.8, 4) is 5.69 Å². The number of aryl methyl sites for hydroxylation is 1. The smallest absolute Gasteiger partial charge is 0.343 e. The van der Waals surface area contributed by atoms with E-state index in [1.54, 1.807) is 37.3 Å². The Bertz CT molecular complexity index is 1040. The summed E-state index contributed by atoms with van der Waals surface area (Å²) in [7, 11) is 1.41. The predicted octanol–water partition coefficient (Wildman–Crippen LogP) is 1.94. The highest BCUT2D eigenvalue weighted by atomic mass is 16.6. The third-order valence-electron chi connectivity index (χ3n) is 3.83. The number of amides is 1. The molecule has 0 saturated carbocycles. The van der Waals surface area contributed by atoms with Crippen LogP contribution in [0.2, 0.25) is 0 Å². The van der Waals surface area contributed by atoms with Crippen molar-refractivity contribution in [1.82, 2.24) is 19.6 Å². The molecular weight excluding hydrogens is 368 g/mol. The lowest BCUT2D eigenvalue weighted by Gasteiger charge is -2.11. The van der Waals surface area contributed by atoms with E-state index >= 15 is 0 Å². The first-order chi connectivity index (χ1) is 13.4. The van der Waals surface area contributed by atoms with E-state index in [-0.39, 0.29) is 23.7 Å². The molecular formula is C17H16N6O5. The van der Waals surface area contributed by atoms with Crippen LogP contribution in [-0.4, -0.2) is 43.0 Å². The number of carbonyl (C=O) groups excluding carboxylic acids is 2. The second kappa shape index (κ2) is 7.70. The molecule has 11 heteroatoms. The van der Waals surface area contributed by atoms with Crippen LogP contribution < -0.4 is 5.32 Å². The van der Waals surface area contributed by atoms with Crippen LogP contribution in [0.4, 0.5) is 11.5 Å². The maximum Gasteiger partial charge on any atom is 0.343 e. The maximum absolute atomic E-state index is 12.8. The topological polar surface area (TPSA) is 134 Å². The molecule has 11 nitrogen and oxygen atoms in total. The fourth-order valence-corrected chi connectivity index (χ4v) is 2.58. The van der Waals surface area contributed by atoms with Gasteiger partial charge in [0.15, 0.2) is 5.82 Å². The zero-order valence-corrected chi connectivity index (χ0v) is 15.0. The van der Waals surface area contributed by atoms with Gasteiger partial charge in [-0.05, 0) is 19.1 Å². The van der Waals surface area contributed by atoms with E-state index in [1.807, 2.05) is 0 Å². The van der Waals surface area contributed by atoms with Gasteiger partial charge >= 0.3 is 11.7 Å². The van der Waals surface area contributed by atoms with Crippen LogP contribution in [0.5, 0.6) is 0 Å². The first kappa shape index (κ1) is 18.8. The van der Waals surface area contributed by atoms with Crippen LogP contribution in [0.15, 0.2) is 42.7 Å². The zero-order chi connectivity index (χ0) is 20.3. The van der Waals surface area contributed by atoms with Crippen LogP contribution in [0.3, 0.4) is 0 Å². The number of nitro groups is 1. The number of hydrogen-bond donors (Lipinski definition) is 1. The van der Waals surface area contributed by atoms with Crippen molar-refractivity contribution < 1.29 is 19.2 Å². The van der Waals surface area contributed by atoms with E-state index in [9.17, 15) is 19.7 Å². The van der Waals surface area contributed by atoms with Crippen molar-refractivity contribution in [2.24, 2.45) is 7.05 Å². The van der Waals surface area contributed by atoms with Gasteiger partial charge in [-0.1, -0.05) is 18.2 Å². The average Bonchev–Trinajstić information content (AvgIpc) is 3.26. The second-order valence-electron chi connectivity index (χ2n) is 5.59. The Morgan fingerprint density at radius 3 is 2.57 bits per heavy atom. The third kappa shape index (κ3) is 3.45. The number of anilines is 1. The van der Waals surface area contributed by atoms with Crippen molar-refractivity contribution in [2.75, 3.05) is 11.9 Å². The molecule has 0 atom stereocenters. The number of nitrogens with one attached hydrogen (secondary N) is 1. The first-order valence-corrected chi connectivity index (χ1v) is 8.22. The minimum atomic E-state index is -0.810. The Balaban J connectivity index is 2.06. The van der Waals surface area contributed by atoms with Gasteiger partial charge in [0.25, 0.3) is 5.91 Å². The number of benzene rings is 1. The highest BCUT2D eigenvalue weighted by Gasteiger charge is 2.28. The summed E-state index contributed by atoms with van der Waals surface area (Å²) >= 11 is 0. The van der Waals surface area contributed by atoms with Crippen molar-refractivity contribution in [1.29, 1.82) is 0 Å². The number of aromatic nitrogens is 4. The number of hydrogen-bond acceptors (Lipinski definition) is 7. The van der Waals surface area contributed by atoms with Gasteiger partial charge in [-0.15, -0.1) is 0 Å². The van der Waals surface area contributed by atoms with Crippen molar-refractivity contribution in [3.05, 3.63) is 64.1 Å². The van der Waals surface area contributed by atoms with Crippen LogP contribution in [-0.2, 0) is 11.8 Å². The van der Waals surface area contributed by atoms with Crippen LogP contribution in [0.1, 0.15) is 27.8 Å². The lowest BCUT2D eigenvalue weighted by atomic mass is 10.3. The van der Waals surface area contributed by atoms with E-state index in [2.05, 4.69) is 15.5 Å². The summed E-state index contributed by atoms with van der Waals surface area (Å²) < 4.78 is 7.43. The molecule has 3 aromatic rings. The molecule has 0 fully saturated rings. The molecule has 3 rings (SSSR count). The summed E-state index contributed by atoms with van der Waals surface area (Å²) in [5, 5.41) is 21.6. The Hall–Kier alpha value is -4.02. The van der Waals surface area contributed by atoms with Crippen molar-refractivity contribution >= 4 is 23.4 Å². The molecule has 0 bridgehead atoms. The summed E-state index contributed by atoms with van der Waals surface area (Å²) in [4.78, 5) is 35.5. The minimum Gasteiger partial charge on any atom is -0.462 e. The molecule has 144 valence electrons. The standard InChI is InChI=1S/C17H16N6O5/c1-3-28-17(25)12-9-19-22(11-7-5-4-6-8-11)15(12)20-16(24)14-13(23(26)27)10-18-21(14)2/h4-10H,3H2,1-2H3,(H,20,24). The summed E-state index contributed by atoms with van der Waals surface area (Å²) in [5.41, 5.74) is -0.124. The summed E-state index contributed by atoms with van der Waals surface area (Å²) in [6.07, 6.45) is 2.24. The zero-order valence-electron chi connectivity index (χ0n) is 15.0. The van der Waals surface area contributed by atoms with Gasteiger partial charge in [-0.25, -0.2) is 9.48 Å². The van der Waals surface area contributed by atoms with Crippen LogP contribution in [0, 0.1) is 10.1 Å². The van der Waals surface area contributed by atoms with Gasteiger partial charge < -0.3 is 10.1 Å². The van der Waals surface area contributed by atoms with E-state index in [0.717, 1.165) is 10.9 Å². The van der Waals surface area contributed by atoms with E-state index in [1.165, 1.54) is 17.9 Å². The maximum atomic E-state index is 12.8. The number of nitrogens with zero attached hydrogens (tertiary/aromatic N) is 5. The minimum absolute atomic E-state index is 0.0175. The van der Waals surface area contributed by atoms with Gasteiger partial charge in [0.05, 0.1) is 23.4 Å². The monoisotopic (exact) mass is 384 g/mol. The van der Waals surface area contributed by atoms with Gasteiger partial charge in [0, 0.05) is 7.05 Å². The van der Waals surface area contributed by atoms with Gasteiger partial charge in [0.2, 0.25) is 5.69 Å². The number of ether oxygens (including phenoxy) is 1. The number of esters is 1. The molecule has 0 saturated heterocycles. The Morgan fingerprint density at radius 2 is 1.93 bits per heavy atom. The Morgan fingerprint density at radius 1 is 1.21 bits per heavy atom. The summed E-state index contributed by atoms with van der Waals surface area (Å²) in [6, 6.07) is 8.78. The van der Waals surface area contributed by atoms with Crippen molar-refractivity contribution in [3.63, 3.8) is 0 Å². The van der Waals surface area contributed by atoms with E-state index in [0.29, 0.717) is 5.69 Å². The summed E-state index contributed by atoms with van der Waals surface area (Å²) in [5.74, 6) is -1.46. The fourth-order valence-electron chi connectivity index (χ4n) is 2.58. The van der Waals surface area contributed by atoms with E-state index in [4.69, 9.17) is 4.74 Å². The van der Waals surface area contributed by atoms with Gasteiger partial charge in [-0.3, -0.25) is 19.6 Å². The predicted molar refractivity (Wildman–Crippen MR) is 97.3 cm³/mol.